The number of hydrogen-bond acceptors (Lipinski definition) is 3. The van der Waals surface area contributed by atoms with Gasteiger partial charge in [-0.1, -0.05) is 6.07 Å². The molecule has 0 aromatic heterocycles. The van der Waals surface area contributed by atoms with Gasteiger partial charge in [0, 0.05) is 4.90 Å². The summed E-state index contributed by atoms with van der Waals surface area (Å²) in [5.74, 6) is 1.45. The fourth-order valence-electron chi connectivity index (χ4n) is 1.14. The second-order valence-electron chi connectivity index (χ2n) is 3.50. The lowest BCUT2D eigenvalue weighted by Gasteiger charge is -2.08. The van der Waals surface area contributed by atoms with Gasteiger partial charge in [-0.25, -0.2) is 0 Å². The van der Waals surface area contributed by atoms with E-state index in [-0.39, 0.29) is 0 Å². The zero-order valence-electron chi connectivity index (χ0n) is 8.73. The molecule has 14 heavy (non-hydrogen) atoms. The lowest BCUT2D eigenvalue weighted by Crippen LogP contribution is -2.13. The Balaban J connectivity index is 2.25. The van der Waals surface area contributed by atoms with Crippen LogP contribution in [0.2, 0.25) is 0 Å². The lowest BCUT2D eigenvalue weighted by molar-refractivity contribution is 0.410. The number of phenols is 1. The Labute approximate surface area is 89.9 Å². The van der Waals surface area contributed by atoms with E-state index in [0.29, 0.717) is 5.75 Å². The van der Waals surface area contributed by atoms with Gasteiger partial charge in [0.15, 0.2) is 0 Å². The van der Waals surface area contributed by atoms with E-state index in [2.05, 4.69) is 19.0 Å². The fraction of sp³-hybridized carbons (Fsp3) is 0.455. The molecular weight excluding hydrogens is 194 g/mol. The van der Waals surface area contributed by atoms with Gasteiger partial charge in [0.25, 0.3) is 0 Å². The standard InChI is InChI=1S/C11H17NOS/c1-12(2)7-4-8-14-11-6-3-5-10(13)9-11/h3,5-6,9,13H,4,7-8H2,1-2H3. The summed E-state index contributed by atoms with van der Waals surface area (Å²) < 4.78 is 0. The van der Waals surface area contributed by atoms with E-state index in [1.807, 2.05) is 12.1 Å². The zero-order chi connectivity index (χ0) is 10.4. The van der Waals surface area contributed by atoms with Gasteiger partial charge in [0.2, 0.25) is 0 Å². The van der Waals surface area contributed by atoms with Crippen LogP contribution >= 0.6 is 11.8 Å². The Morgan fingerprint density at radius 3 is 2.79 bits per heavy atom. The maximum atomic E-state index is 9.24. The Morgan fingerprint density at radius 1 is 1.36 bits per heavy atom. The second kappa shape index (κ2) is 5.94. The van der Waals surface area contributed by atoms with Gasteiger partial charge in [0.1, 0.15) is 5.75 Å². The predicted octanol–water partition coefficient (Wildman–Crippen LogP) is 2.44. The van der Waals surface area contributed by atoms with Crippen molar-refractivity contribution in [2.75, 3.05) is 26.4 Å². The van der Waals surface area contributed by atoms with E-state index in [0.717, 1.165) is 17.2 Å². The molecule has 0 saturated heterocycles. The molecule has 1 rings (SSSR count). The van der Waals surface area contributed by atoms with Gasteiger partial charge in [-0.05, 0) is 51.0 Å². The van der Waals surface area contributed by atoms with Crippen molar-refractivity contribution in [2.45, 2.75) is 11.3 Å². The first kappa shape index (κ1) is 11.4. The molecule has 0 aliphatic rings. The van der Waals surface area contributed by atoms with Crippen LogP contribution in [0.1, 0.15) is 6.42 Å². The Kier molecular flexibility index (Phi) is 4.84. The van der Waals surface area contributed by atoms with Gasteiger partial charge in [-0.15, -0.1) is 11.8 Å². The molecule has 0 heterocycles. The van der Waals surface area contributed by atoms with Gasteiger partial charge >= 0.3 is 0 Å². The van der Waals surface area contributed by atoms with E-state index in [1.54, 1.807) is 23.9 Å². The third-order valence-corrected chi connectivity index (χ3v) is 2.92. The van der Waals surface area contributed by atoms with E-state index < -0.39 is 0 Å². The quantitative estimate of drug-likeness (QED) is 0.598. The van der Waals surface area contributed by atoms with E-state index >= 15 is 0 Å². The highest BCUT2D eigenvalue weighted by Gasteiger charge is 1.96. The molecule has 78 valence electrons. The highest BCUT2D eigenvalue weighted by Crippen LogP contribution is 2.22. The van der Waals surface area contributed by atoms with Crippen molar-refractivity contribution >= 4 is 11.8 Å². The smallest absolute Gasteiger partial charge is 0.116 e. The van der Waals surface area contributed by atoms with Crippen LogP contribution in [-0.2, 0) is 0 Å². The van der Waals surface area contributed by atoms with Crippen LogP contribution in [-0.4, -0.2) is 36.4 Å². The molecule has 0 fully saturated rings. The monoisotopic (exact) mass is 211 g/mol. The molecule has 3 heteroatoms. The second-order valence-corrected chi connectivity index (χ2v) is 4.67. The first-order valence-electron chi connectivity index (χ1n) is 4.75. The van der Waals surface area contributed by atoms with Crippen molar-refractivity contribution in [3.05, 3.63) is 24.3 Å². The molecule has 0 saturated carbocycles. The number of aromatic hydroxyl groups is 1. The molecule has 0 aliphatic heterocycles. The van der Waals surface area contributed by atoms with Gasteiger partial charge < -0.3 is 10.0 Å². The summed E-state index contributed by atoms with van der Waals surface area (Å²) in [7, 11) is 4.16. The number of thioether (sulfide) groups is 1. The molecule has 0 unspecified atom stereocenters. The summed E-state index contributed by atoms with van der Waals surface area (Å²) in [6.07, 6.45) is 1.17. The number of phenolic OH excluding ortho intramolecular Hbond substituents is 1. The van der Waals surface area contributed by atoms with Crippen LogP contribution in [0.4, 0.5) is 0 Å². The van der Waals surface area contributed by atoms with Crippen molar-refractivity contribution in [3.63, 3.8) is 0 Å². The highest BCUT2D eigenvalue weighted by molar-refractivity contribution is 7.99. The van der Waals surface area contributed by atoms with Crippen molar-refractivity contribution in [3.8, 4) is 5.75 Å². The van der Waals surface area contributed by atoms with Crippen LogP contribution in [0.15, 0.2) is 29.2 Å². The minimum atomic E-state index is 0.350. The summed E-state index contributed by atoms with van der Waals surface area (Å²) in [6.45, 7) is 1.12. The molecule has 0 amide bonds. The summed E-state index contributed by atoms with van der Waals surface area (Å²) in [5.41, 5.74) is 0. The van der Waals surface area contributed by atoms with Crippen LogP contribution in [0.5, 0.6) is 5.75 Å². The molecule has 0 aliphatic carbocycles. The molecule has 1 N–H and O–H groups in total. The van der Waals surface area contributed by atoms with Gasteiger partial charge in [-0.3, -0.25) is 0 Å². The van der Waals surface area contributed by atoms with Crippen LogP contribution in [0.25, 0.3) is 0 Å². The summed E-state index contributed by atoms with van der Waals surface area (Å²) in [5, 5.41) is 9.24. The van der Waals surface area contributed by atoms with Crippen molar-refractivity contribution in [1.82, 2.24) is 4.90 Å². The number of nitrogens with zero attached hydrogens (tertiary/aromatic N) is 1. The highest BCUT2D eigenvalue weighted by atomic mass is 32.2. The maximum Gasteiger partial charge on any atom is 0.116 e. The minimum Gasteiger partial charge on any atom is -0.508 e. The number of hydrogen-bond donors (Lipinski definition) is 1. The molecule has 1 aromatic carbocycles. The Hall–Kier alpha value is -0.670. The largest absolute Gasteiger partial charge is 0.508 e. The zero-order valence-corrected chi connectivity index (χ0v) is 9.55. The first-order chi connectivity index (χ1) is 6.68. The molecule has 2 nitrogen and oxygen atoms in total. The predicted molar refractivity (Wildman–Crippen MR) is 62.0 cm³/mol. The van der Waals surface area contributed by atoms with Gasteiger partial charge in [0.05, 0.1) is 0 Å². The number of benzene rings is 1. The van der Waals surface area contributed by atoms with Gasteiger partial charge in [-0.2, -0.15) is 0 Å². The van der Waals surface area contributed by atoms with Crippen molar-refractivity contribution in [1.29, 1.82) is 0 Å². The lowest BCUT2D eigenvalue weighted by atomic mass is 10.3. The van der Waals surface area contributed by atoms with Crippen LogP contribution in [0.3, 0.4) is 0 Å². The molecule has 0 bridgehead atoms. The van der Waals surface area contributed by atoms with Crippen LogP contribution < -0.4 is 0 Å². The summed E-state index contributed by atoms with van der Waals surface area (Å²) >= 11 is 1.79. The Bertz CT molecular complexity index is 276. The van der Waals surface area contributed by atoms with Crippen molar-refractivity contribution < 1.29 is 5.11 Å². The summed E-state index contributed by atoms with van der Waals surface area (Å²) in [4.78, 5) is 3.33. The maximum absolute atomic E-state index is 9.24. The molecule has 0 spiro atoms. The number of rotatable bonds is 5. The SMILES string of the molecule is CN(C)CCCSc1cccc(O)c1. The molecule has 0 radical (unpaired) electrons. The van der Waals surface area contributed by atoms with E-state index in [4.69, 9.17) is 0 Å². The normalized spacial score (nSPS) is 10.8. The molecule has 1 aromatic rings. The minimum absolute atomic E-state index is 0.350. The Morgan fingerprint density at radius 2 is 2.14 bits per heavy atom. The van der Waals surface area contributed by atoms with E-state index in [9.17, 15) is 5.11 Å². The molecule has 0 atom stereocenters. The third-order valence-electron chi connectivity index (χ3n) is 1.84. The first-order valence-corrected chi connectivity index (χ1v) is 5.73. The fourth-order valence-corrected chi connectivity index (χ4v) is 2.03. The van der Waals surface area contributed by atoms with Crippen molar-refractivity contribution in [2.24, 2.45) is 0 Å². The summed E-state index contributed by atoms with van der Waals surface area (Å²) in [6, 6.07) is 7.41. The van der Waals surface area contributed by atoms with Crippen LogP contribution in [0, 0.1) is 0 Å². The van der Waals surface area contributed by atoms with E-state index in [1.165, 1.54) is 6.42 Å². The molecular formula is C11H17NOS. The average Bonchev–Trinajstić information content (AvgIpc) is 2.12. The topological polar surface area (TPSA) is 23.5 Å². The average molecular weight is 211 g/mol. The third kappa shape index (κ3) is 4.53.